The Balaban J connectivity index is 2.78. The molecule has 24 heavy (non-hydrogen) atoms. The van der Waals surface area contributed by atoms with Crippen LogP contribution in [0.5, 0.6) is 5.75 Å². The second-order valence-corrected chi connectivity index (χ2v) is 9.98. The van der Waals surface area contributed by atoms with Crippen LogP contribution in [0, 0.1) is 0 Å². The zero-order chi connectivity index (χ0) is 18.6. The van der Waals surface area contributed by atoms with E-state index >= 15 is 0 Å². The predicted molar refractivity (Wildman–Crippen MR) is 94.1 cm³/mol. The highest BCUT2D eigenvalue weighted by Gasteiger charge is 2.29. The minimum atomic E-state index is -3.71. The van der Waals surface area contributed by atoms with E-state index in [1.165, 1.54) is 16.4 Å². The summed E-state index contributed by atoms with van der Waals surface area (Å²) in [5.74, 6) is 0.590. The summed E-state index contributed by atoms with van der Waals surface area (Å²) in [7, 11) is -7.14. The van der Waals surface area contributed by atoms with Crippen LogP contribution in [0.1, 0.15) is 27.7 Å². The molecule has 9 heteroatoms. The van der Waals surface area contributed by atoms with Crippen LogP contribution in [0.2, 0.25) is 0 Å². The van der Waals surface area contributed by atoms with Crippen molar-refractivity contribution in [3.05, 3.63) is 24.3 Å². The van der Waals surface area contributed by atoms with Gasteiger partial charge in [0.1, 0.15) is 5.75 Å². The van der Waals surface area contributed by atoms with E-state index in [1.54, 1.807) is 32.9 Å². The molecule has 0 atom stereocenters. The van der Waals surface area contributed by atoms with Crippen LogP contribution in [0.25, 0.3) is 0 Å². The number of sulfonamides is 2. The van der Waals surface area contributed by atoms with Crippen LogP contribution in [-0.4, -0.2) is 52.6 Å². The fraction of sp³-hybridized carbons (Fsp3) is 0.600. The lowest BCUT2D eigenvalue weighted by atomic mass is 10.1. The summed E-state index contributed by atoms with van der Waals surface area (Å²) in [6.07, 6.45) is 1.11. The Bertz CT molecular complexity index is 735. The van der Waals surface area contributed by atoms with Crippen LogP contribution >= 0.6 is 0 Å². The Morgan fingerprint density at radius 2 is 1.62 bits per heavy atom. The van der Waals surface area contributed by atoms with Gasteiger partial charge in [0.15, 0.2) is 0 Å². The summed E-state index contributed by atoms with van der Waals surface area (Å²) in [5.41, 5.74) is -0.627. The molecule has 0 aliphatic rings. The molecule has 1 aromatic carbocycles. The minimum Gasteiger partial charge on any atom is -0.494 e. The van der Waals surface area contributed by atoms with Crippen LogP contribution in [-0.2, 0) is 20.0 Å². The molecular formula is C15H26N2O5S2. The van der Waals surface area contributed by atoms with Crippen LogP contribution in [0.3, 0.4) is 0 Å². The summed E-state index contributed by atoms with van der Waals surface area (Å²) in [5, 5.41) is 0. The smallest absolute Gasteiger partial charge is 0.240 e. The third-order valence-electron chi connectivity index (χ3n) is 3.20. The maximum absolute atomic E-state index is 12.3. The SMILES string of the molecule is CCOc1ccc(S(=O)(=O)NCCN(C(C)(C)C)S(C)(=O)=O)cc1. The second-order valence-electron chi connectivity index (χ2n) is 6.31. The van der Waals surface area contributed by atoms with E-state index in [2.05, 4.69) is 4.72 Å². The number of hydrogen-bond acceptors (Lipinski definition) is 5. The van der Waals surface area contributed by atoms with Gasteiger partial charge in [-0.15, -0.1) is 0 Å². The Hall–Kier alpha value is -1.16. The number of ether oxygens (including phenoxy) is 1. The average molecular weight is 379 g/mol. The maximum Gasteiger partial charge on any atom is 0.240 e. The fourth-order valence-corrected chi connectivity index (χ4v) is 4.68. The largest absolute Gasteiger partial charge is 0.494 e. The molecule has 0 aromatic heterocycles. The van der Waals surface area contributed by atoms with E-state index in [4.69, 9.17) is 4.74 Å². The van der Waals surface area contributed by atoms with Gasteiger partial charge in [0, 0.05) is 18.6 Å². The molecule has 0 unspecified atom stereocenters. The zero-order valence-corrected chi connectivity index (χ0v) is 16.4. The molecule has 1 rings (SSSR count). The van der Waals surface area contributed by atoms with Gasteiger partial charge >= 0.3 is 0 Å². The lowest BCUT2D eigenvalue weighted by Gasteiger charge is -2.33. The van der Waals surface area contributed by atoms with Crippen molar-refractivity contribution in [2.45, 2.75) is 38.1 Å². The molecule has 0 spiro atoms. The molecule has 7 nitrogen and oxygen atoms in total. The van der Waals surface area contributed by atoms with Gasteiger partial charge in [-0.1, -0.05) is 0 Å². The van der Waals surface area contributed by atoms with Crippen molar-refractivity contribution >= 4 is 20.0 Å². The Morgan fingerprint density at radius 3 is 2.04 bits per heavy atom. The van der Waals surface area contributed by atoms with Crippen LogP contribution in [0.15, 0.2) is 29.2 Å². The summed E-state index contributed by atoms with van der Waals surface area (Å²) in [6, 6.07) is 6.06. The fourth-order valence-electron chi connectivity index (χ4n) is 2.25. The predicted octanol–water partition coefficient (Wildman–Crippen LogP) is 1.42. The summed E-state index contributed by atoms with van der Waals surface area (Å²) in [4.78, 5) is 0.104. The molecule has 138 valence electrons. The van der Waals surface area contributed by atoms with Crippen molar-refractivity contribution < 1.29 is 21.6 Å². The second kappa shape index (κ2) is 7.81. The third-order valence-corrected chi connectivity index (χ3v) is 6.21. The van der Waals surface area contributed by atoms with E-state index in [-0.39, 0.29) is 18.0 Å². The van der Waals surface area contributed by atoms with Crippen LogP contribution < -0.4 is 9.46 Å². The quantitative estimate of drug-likeness (QED) is 0.738. The van der Waals surface area contributed by atoms with E-state index in [1.807, 2.05) is 6.92 Å². The van der Waals surface area contributed by atoms with Gasteiger partial charge < -0.3 is 4.74 Å². The first-order valence-electron chi connectivity index (χ1n) is 7.58. The Labute approximate surface area is 145 Å². The van der Waals surface area contributed by atoms with E-state index in [9.17, 15) is 16.8 Å². The highest BCUT2D eigenvalue weighted by molar-refractivity contribution is 7.89. The van der Waals surface area contributed by atoms with Gasteiger partial charge in [-0.3, -0.25) is 0 Å². The van der Waals surface area contributed by atoms with E-state index in [0.717, 1.165) is 6.26 Å². The molecule has 1 N–H and O–H groups in total. The number of hydrogen-bond donors (Lipinski definition) is 1. The average Bonchev–Trinajstić information content (AvgIpc) is 2.42. The molecule has 0 bridgehead atoms. The van der Waals surface area contributed by atoms with Crippen molar-refractivity contribution in [2.75, 3.05) is 26.0 Å². The highest BCUT2D eigenvalue weighted by Crippen LogP contribution is 2.18. The van der Waals surface area contributed by atoms with Crippen molar-refractivity contribution in [1.82, 2.24) is 9.03 Å². The molecule has 0 aliphatic heterocycles. The first kappa shape index (κ1) is 20.9. The van der Waals surface area contributed by atoms with Gasteiger partial charge in [0.2, 0.25) is 20.0 Å². The Kier molecular flexibility index (Phi) is 6.80. The number of benzene rings is 1. The zero-order valence-electron chi connectivity index (χ0n) is 14.7. The Morgan fingerprint density at radius 1 is 1.08 bits per heavy atom. The molecule has 0 radical (unpaired) electrons. The van der Waals surface area contributed by atoms with Crippen molar-refractivity contribution in [1.29, 1.82) is 0 Å². The number of nitrogens with zero attached hydrogens (tertiary/aromatic N) is 1. The molecule has 1 aromatic rings. The lowest BCUT2D eigenvalue weighted by Crippen LogP contribution is -2.48. The molecule has 0 amide bonds. The molecule has 0 aliphatic carbocycles. The maximum atomic E-state index is 12.3. The molecule has 0 saturated heterocycles. The topological polar surface area (TPSA) is 92.8 Å². The highest BCUT2D eigenvalue weighted by atomic mass is 32.2. The van der Waals surface area contributed by atoms with Crippen molar-refractivity contribution in [2.24, 2.45) is 0 Å². The standard InChI is InChI=1S/C15H26N2O5S2/c1-6-22-13-7-9-14(10-8-13)24(20,21)16-11-12-17(15(2,3)4)23(5,18)19/h7-10,16H,6,11-12H2,1-5H3. The molecule has 0 fully saturated rings. The molecule has 0 heterocycles. The van der Waals surface area contributed by atoms with E-state index < -0.39 is 25.6 Å². The van der Waals surface area contributed by atoms with Gasteiger partial charge in [-0.2, -0.15) is 4.31 Å². The first-order chi connectivity index (χ1) is 10.9. The van der Waals surface area contributed by atoms with Crippen LogP contribution in [0.4, 0.5) is 0 Å². The monoisotopic (exact) mass is 378 g/mol. The summed E-state index contributed by atoms with van der Waals surface area (Å²) >= 11 is 0. The van der Waals surface area contributed by atoms with Gasteiger partial charge in [0.25, 0.3) is 0 Å². The van der Waals surface area contributed by atoms with E-state index in [0.29, 0.717) is 12.4 Å². The molecular weight excluding hydrogens is 352 g/mol. The first-order valence-corrected chi connectivity index (χ1v) is 10.9. The van der Waals surface area contributed by atoms with Crippen molar-refractivity contribution in [3.8, 4) is 5.75 Å². The summed E-state index contributed by atoms with van der Waals surface area (Å²) < 4.78 is 57.2. The summed E-state index contributed by atoms with van der Waals surface area (Å²) in [6.45, 7) is 7.66. The van der Waals surface area contributed by atoms with Gasteiger partial charge in [-0.25, -0.2) is 21.6 Å². The number of rotatable bonds is 8. The normalized spacial score (nSPS) is 13.2. The molecule has 0 saturated carbocycles. The van der Waals surface area contributed by atoms with Crippen molar-refractivity contribution in [3.63, 3.8) is 0 Å². The van der Waals surface area contributed by atoms with Gasteiger partial charge in [0.05, 0.1) is 17.8 Å². The lowest BCUT2D eigenvalue weighted by molar-refractivity contribution is 0.254. The number of nitrogens with one attached hydrogen (secondary N) is 1. The van der Waals surface area contributed by atoms with Gasteiger partial charge in [-0.05, 0) is 52.0 Å². The minimum absolute atomic E-state index is 0.0140. The third kappa shape index (κ3) is 6.04.